The van der Waals surface area contributed by atoms with Crippen LogP contribution < -0.4 is 0 Å². The highest BCUT2D eigenvalue weighted by molar-refractivity contribution is 7.98. The molecule has 0 saturated heterocycles. The van der Waals surface area contributed by atoms with Gasteiger partial charge in [-0.3, -0.25) is 0 Å². The van der Waals surface area contributed by atoms with Gasteiger partial charge in [0.15, 0.2) is 11.6 Å². The second-order valence-corrected chi connectivity index (χ2v) is 6.96. The molecule has 0 spiro atoms. The van der Waals surface area contributed by atoms with Crippen molar-refractivity contribution in [1.29, 1.82) is 0 Å². The Balaban J connectivity index is 2.51. The lowest BCUT2D eigenvalue weighted by Crippen LogP contribution is -2.21. The maximum absolute atomic E-state index is 14.6. The van der Waals surface area contributed by atoms with Crippen LogP contribution in [-0.2, 0) is 5.70 Å². The van der Waals surface area contributed by atoms with E-state index in [1.54, 1.807) is 24.3 Å². The normalized spacial score (nSPS) is 25.9. The minimum atomic E-state index is -2.17. The first kappa shape index (κ1) is 11.2. The number of rotatable bonds is 0. The molecule has 1 aliphatic rings. The summed E-state index contributed by atoms with van der Waals surface area (Å²) >= 11 is 0.826. The third kappa shape index (κ3) is 2.48. The van der Waals surface area contributed by atoms with E-state index < -0.39 is 28.6 Å². The first-order valence-electron chi connectivity index (χ1n) is 8.27. The Kier molecular flexibility index (Phi) is 2.75. The number of thioether (sulfide) groups is 1. The number of hydrogen-bond donors (Lipinski definition) is 0. The van der Waals surface area contributed by atoms with Crippen molar-refractivity contribution in [3.63, 3.8) is 0 Å². The van der Waals surface area contributed by atoms with Crippen LogP contribution in [0.25, 0.3) is 0 Å². The zero-order valence-corrected chi connectivity index (χ0v) is 12.9. The van der Waals surface area contributed by atoms with Crippen LogP contribution in [-0.4, -0.2) is 0 Å². The topological polar surface area (TPSA) is 0 Å². The summed E-state index contributed by atoms with van der Waals surface area (Å²) in [5.41, 5.74) is -2.42. The fourth-order valence-electron chi connectivity index (χ4n) is 2.68. The summed E-state index contributed by atoms with van der Waals surface area (Å²) in [6.45, 7) is 5.56. The minimum absolute atomic E-state index is 0.177. The molecule has 0 amide bonds. The molecule has 0 radical (unpaired) electrons. The smallest absolute Gasteiger partial charge is 0.163 e. The first-order chi connectivity index (χ1) is 11.0. The highest BCUT2D eigenvalue weighted by atomic mass is 32.2. The molecule has 1 aliphatic heterocycles. The van der Waals surface area contributed by atoms with Crippen LogP contribution in [0.15, 0.2) is 41.3 Å². The number of benzene rings is 2. The van der Waals surface area contributed by atoms with E-state index in [2.05, 4.69) is 0 Å². The number of halogens is 2. The van der Waals surface area contributed by atoms with Gasteiger partial charge in [0.05, 0.1) is 0 Å². The molecule has 0 unspecified atom stereocenters. The average Bonchev–Trinajstić information content (AvgIpc) is 2.55. The standard InChI is InChI=1S/C18H18F2S/c1-18(2,3)16-11-8-9-14(19)17(20)13(11)10-21-15-7-5-4-6-12(15)16/h4-9,16H,10H2,1-3H3/t16-/m0/s1/i10D2,16D. The van der Waals surface area contributed by atoms with E-state index in [1.165, 1.54) is 6.07 Å². The van der Waals surface area contributed by atoms with Crippen molar-refractivity contribution in [3.05, 3.63) is 64.7 Å². The van der Waals surface area contributed by atoms with E-state index in [-0.39, 0.29) is 11.1 Å². The third-order valence-corrected chi connectivity index (χ3v) is 4.42. The molecule has 0 bridgehead atoms. The van der Waals surface area contributed by atoms with Gasteiger partial charge in [-0.25, -0.2) is 8.78 Å². The third-order valence-electron chi connectivity index (χ3n) is 3.53. The van der Waals surface area contributed by atoms with Gasteiger partial charge in [-0.2, -0.15) is 0 Å². The minimum Gasteiger partial charge on any atom is -0.204 e. The van der Waals surface area contributed by atoms with Gasteiger partial charge in [-0.15, -0.1) is 11.8 Å². The van der Waals surface area contributed by atoms with Gasteiger partial charge in [0.1, 0.15) is 0 Å². The largest absolute Gasteiger partial charge is 0.204 e. The van der Waals surface area contributed by atoms with E-state index in [0.717, 1.165) is 17.8 Å². The Bertz CT molecular complexity index is 814. The molecule has 0 saturated carbocycles. The summed E-state index contributed by atoms with van der Waals surface area (Å²) in [6, 6.07) is 9.39. The van der Waals surface area contributed by atoms with Crippen molar-refractivity contribution in [3.8, 4) is 0 Å². The van der Waals surface area contributed by atoms with E-state index in [4.69, 9.17) is 2.74 Å². The molecule has 3 heteroatoms. The van der Waals surface area contributed by atoms with Gasteiger partial charge < -0.3 is 0 Å². The van der Waals surface area contributed by atoms with Crippen molar-refractivity contribution in [2.75, 3.05) is 0 Å². The second kappa shape index (κ2) is 5.13. The molecule has 2 aromatic rings. The highest BCUT2D eigenvalue weighted by Gasteiger charge is 2.34. The predicted octanol–water partition coefficient (Wildman–Crippen LogP) is 5.75. The molecule has 0 fully saturated rings. The quantitative estimate of drug-likeness (QED) is 0.597. The molecule has 1 atom stereocenters. The van der Waals surface area contributed by atoms with Crippen LogP contribution in [0, 0.1) is 17.0 Å². The zero-order valence-electron chi connectivity index (χ0n) is 15.1. The molecule has 3 rings (SSSR count). The monoisotopic (exact) mass is 307 g/mol. The molecule has 0 aromatic heterocycles. The Morgan fingerprint density at radius 1 is 1.14 bits per heavy atom. The summed E-state index contributed by atoms with van der Waals surface area (Å²) in [7, 11) is 0. The lowest BCUT2D eigenvalue weighted by atomic mass is 9.71. The first-order valence-corrected chi connectivity index (χ1v) is 7.59. The molecule has 110 valence electrons. The molecule has 0 N–H and O–H groups in total. The van der Waals surface area contributed by atoms with Crippen molar-refractivity contribution in [1.82, 2.24) is 0 Å². The Morgan fingerprint density at radius 2 is 1.86 bits per heavy atom. The molecule has 21 heavy (non-hydrogen) atoms. The lowest BCUT2D eigenvalue weighted by molar-refractivity contribution is 0.353. The van der Waals surface area contributed by atoms with Crippen molar-refractivity contribution in [2.45, 2.75) is 37.3 Å². The summed E-state index contributed by atoms with van der Waals surface area (Å²) in [6.07, 6.45) is 0. The van der Waals surface area contributed by atoms with Crippen molar-refractivity contribution < 1.29 is 12.9 Å². The summed E-state index contributed by atoms with van der Waals surface area (Å²) in [5, 5.41) is 0. The predicted molar refractivity (Wildman–Crippen MR) is 83.7 cm³/mol. The van der Waals surface area contributed by atoms with E-state index >= 15 is 0 Å². The summed E-state index contributed by atoms with van der Waals surface area (Å²) in [4.78, 5) is 0.573. The SMILES string of the molecule is [2H]C1([2H])Sc2ccccc2[C@@]([2H])(C(C)(C)C)c2ccc(F)c(F)c21. The summed E-state index contributed by atoms with van der Waals surface area (Å²) in [5.74, 6) is -3.72. The molecule has 1 heterocycles. The maximum atomic E-state index is 14.6. The Hall–Kier alpha value is -1.35. The number of hydrogen-bond acceptors (Lipinski definition) is 1. The molecular weight excluding hydrogens is 286 g/mol. The van der Waals surface area contributed by atoms with Gasteiger partial charge in [0.25, 0.3) is 0 Å². The van der Waals surface area contributed by atoms with Crippen LogP contribution in [0.3, 0.4) is 0 Å². The van der Waals surface area contributed by atoms with Crippen LogP contribution >= 0.6 is 11.8 Å². The molecular formula is C18H18F2S. The van der Waals surface area contributed by atoms with Crippen LogP contribution in [0.4, 0.5) is 8.78 Å². The Morgan fingerprint density at radius 3 is 2.57 bits per heavy atom. The molecule has 0 nitrogen and oxygen atoms in total. The van der Waals surface area contributed by atoms with E-state index in [0.29, 0.717) is 10.5 Å². The van der Waals surface area contributed by atoms with Crippen LogP contribution in [0.1, 0.15) is 47.5 Å². The summed E-state index contributed by atoms with van der Waals surface area (Å²) < 4.78 is 54.4. The van der Waals surface area contributed by atoms with Gasteiger partial charge in [-0.05, 0) is 28.7 Å². The average molecular weight is 307 g/mol. The van der Waals surface area contributed by atoms with Crippen LogP contribution in [0.5, 0.6) is 0 Å². The van der Waals surface area contributed by atoms with Gasteiger partial charge in [0.2, 0.25) is 0 Å². The van der Waals surface area contributed by atoms with Crippen molar-refractivity contribution in [2.24, 2.45) is 5.41 Å². The lowest BCUT2D eigenvalue weighted by Gasteiger charge is -2.32. The molecule has 0 aliphatic carbocycles. The Labute approximate surface area is 132 Å². The van der Waals surface area contributed by atoms with Gasteiger partial charge in [0, 0.05) is 26.2 Å². The van der Waals surface area contributed by atoms with Crippen molar-refractivity contribution >= 4 is 11.8 Å². The van der Waals surface area contributed by atoms with E-state index in [9.17, 15) is 10.2 Å². The van der Waals surface area contributed by atoms with Gasteiger partial charge >= 0.3 is 0 Å². The zero-order chi connectivity index (χ0) is 17.9. The maximum Gasteiger partial charge on any atom is 0.163 e. The fraction of sp³-hybridized carbons (Fsp3) is 0.333. The fourth-order valence-corrected chi connectivity index (χ4v) is 3.52. The second-order valence-electron chi connectivity index (χ2n) is 6.11. The van der Waals surface area contributed by atoms with Crippen LogP contribution in [0.2, 0.25) is 0 Å². The molecule has 2 aromatic carbocycles. The number of fused-ring (bicyclic) bond motifs is 2. The van der Waals surface area contributed by atoms with E-state index in [1.807, 2.05) is 20.8 Å². The van der Waals surface area contributed by atoms with Gasteiger partial charge in [-0.1, -0.05) is 45.0 Å². The highest BCUT2D eigenvalue weighted by Crippen LogP contribution is 2.49.